The van der Waals surface area contributed by atoms with Gasteiger partial charge in [-0.1, -0.05) is 6.07 Å². The normalized spacial score (nSPS) is 20.1. The number of amides is 1. The number of carbonyl (C=O) groups is 1. The Labute approximate surface area is 215 Å². The number of nitrogens with one attached hydrogen (secondary N) is 2. The third kappa shape index (κ3) is 6.18. The minimum Gasteiger partial charge on any atom is -0.365 e. The van der Waals surface area contributed by atoms with Gasteiger partial charge in [0.25, 0.3) is 5.91 Å². The molecular formula is C26H27F5N6O. The van der Waals surface area contributed by atoms with Crippen molar-refractivity contribution >= 4 is 23.6 Å². The van der Waals surface area contributed by atoms with Crippen LogP contribution in [0.3, 0.4) is 0 Å². The molecule has 1 aromatic heterocycles. The van der Waals surface area contributed by atoms with E-state index >= 15 is 0 Å². The molecular weight excluding hydrogens is 507 g/mol. The van der Waals surface area contributed by atoms with Crippen LogP contribution in [0, 0.1) is 17.6 Å². The Hall–Kier alpha value is -3.80. The van der Waals surface area contributed by atoms with E-state index < -0.39 is 29.3 Å². The summed E-state index contributed by atoms with van der Waals surface area (Å²) in [7, 11) is 1.64. The minimum absolute atomic E-state index is 0.0208. The van der Waals surface area contributed by atoms with Crippen molar-refractivity contribution in [1.82, 2.24) is 15.1 Å². The van der Waals surface area contributed by atoms with Crippen LogP contribution in [0.25, 0.3) is 0 Å². The largest absolute Gasteiger partial charge is 0.416 e. The van der Waals surface area contributed by atoms with Gasteiger partial charge in [0, 0.05) is 49.2 Å². The molecule has 0 bridgehead atoms. The van der Waals surface area contributed by atoms with Crippen LogP contribution in [-0.4, -0.2) is 35.0 Å². The van der Waals surface area contributed by atoms with Crippen molar-refractivity contribution in [2.75, 3.05) is 12.4 Å². The molecule has 0 spiro atoms. The fourth-order valence-electron chi connectivity index (χ4n) is 4.72. The van der Waals surface area contributed by atoms with Crippen molar-refractivity contribution in [3.63, 3.8) is 0 Å². The maximum atomic E-state index is 14.0. The zero-order valence-corrected chi connectivity index (χ0v) is 20.5. The topological polar surface area (TPSA) is 97.3 Å². The number of hydrogen-bond donors (Lipinski definition) is 3. The first-order chi connectivity index (χ1) is 18.1. The molecule has 38 heavy (non-hydrogen) atoms. The first-order valence-electron chi connectivity index (χ1n) is 12.0. The van der Waals surface area contributed by atoms with Crippen LogP contribution in [0.4, 0.5) is 33.5 Å². The zero-order valence-electron chi connectivity index (χ0n) is 20.5. The summed E-state index contributed by atoms with van der Waals surface area (Å²) in [5, 5.41) is 10.6. The van der Waals surface area contributed by atoms with E-state index in [0.717, 1.165) is 12.1 Å². The van der Waals surface area contributed by atoms with Gasteiger partial charge in [-0.05, 0) is 55.7 Å². The second kappa shape index (κ2) is 11.3. The molecule has 7 nitrogen and oxygen atoms in total. The highest BCUT2D eigenvalue weighted by Gasteiger charge is 2.33. The number of primary amides is 1. The molecule has 3 aromatic rings. The van der Waals surface area contributed by atoms with Crippen molar-refractivity contribution in [1.29, 1.82) is 0 Å². The fraction of sp³-hybridized carbons (Fsp3) is 0.346. The monoisotopic (exact) mass is 534 g/mol. The van der Waals surface area contributed by atoms with Crippen LogP contribution in [-0.2, 0) is 12.7 Å². The first-order valence-corrected chi connectivity index (χ1v) is 12.0. The number of aliphatic imine (C=N–C) groups is 1. The third-order valence-electron chi connectivity index (χ3n) is 6.64. The van der Waals surface area contributed by atoms with Gasteiger partial charge in [0.2, 0.25) is 0 Å². The van der Waals surface area contributed by atoms with Gasteiger partial charge < -0.3 is 21.4 Å². The van der Waals surface area contributed by atoms with Gasteiger partial charge in [-0.15, -0.1) is 0 Å². The SMILES string of the molecule is CN=C[C@H]1C[C@H](NCc2c(F)cccc2F)CC[C@@H]1n1cc(C(N)=O)c(Nc2ccc(C(F)(F)F)cc2)n1. The van der Waals surface area contributed by atoms with Crippen molar-refractivity contribution < 1.29 is 26.7 Å². The number of benzene rings is 2. The van der Waals surface area contributed by atoms with E-state index in [1.54, 1.807) is 17.9 Å². The van der Waals surface area contributed by atoms with Gasteiger partial charge in [0.1, 0.15) is 17.2 Å². The number of anilines is 2. The summed E-state index contributed by atoms with van der Waals surface area (Å²) in [6.07, 6.45) is 0.710. The summed E-state index contributed by atoms with van der Waals surface area (Å²) < 4.78 is 68.3. The Morgan fingerprint density at radius 3 is 2.45 bits per heavy atom. The number of aromatic nitrogens is 2. The quantitative estimate of drug-likeness (QED) is 0.273. The van der Waals surface area contributed by atoms with Crippen LogP contribution in [0.15, 0.2) is 53.7 Å². The van der Waals surface area contributed by atoms with E-state index in [1.807, 2.05) is 0 Å². The number of nitrogens with zero attached hydrogens (tertiary/aromatic N) is 3. The predicted molar refractivity (Wildman–Crippen MR) is 133 cm³/mol. The van der Waals surface area contributed by atoms with Gasteiger partial charge in [-0.2, -0.15) is 18.3 Å². The maximum absolute atomic E-state index is 14.0. The minimum atomic E-state index is -4.47. The number of halogens is 5. The molecule has 2 aromatic carbocycles. The molecule has 0 unspecified atom stereocenters. The average molecular weight is 535 g/mol. The lowest BCUT2D eigenvalue weighted by molar-refractivity contribution is -0.137. The van der Waals surface area contributed by atoms with Crippen molar-refractivity contribution in [3.8, 4) is 0 Å². The molecule has 3 atom stereocenters. The van der Waals surface area contributed by atoms with Crippen LogP contribution in [0.1, 0.15) is 46.8 Å². The Morgan fingerprint density at radius 1 is 1.16 bits per heavy atom. The van der Waals surface area contributed by atoms with Gasteiger partial charge in [-0.25, -0.2) is 8.78 Å². The molecule has 0 radical (unpaired) electrons. The number of nitrogens with two attached hydrogens (primary N) is 1. The Balaban J connectivity index is 1.50. The number of carbonyl (C=O) groups excluding carboxylic acids is 1. The molecule has 1 aliphatic rings. The van der Waals surface area contributed by atoms with E-state index in [2.05, 4.69) is 20.7 Å². The van der Waals surface area contributed by atoms with Crippen LogP contribution >= 0.6 is 0 Å². The summed E-state index contributed by atoms with van der Waals surface area (Å²) in [6.45, 7) is 0.0403. The molecule has 202 valence electrons. The molecule has 1 heterocycles. The molecule has 1 fully saturated rings. The Bertz CT molecular complexity index is 1280. The number of alkyl halides is 3. The molecule has 4 N–H and O–H groups in total. The standard InChI is InChI=1S/C26H27F5N6O/c1-33-12-15-11-18(34-13-19-21(27)3-2-4-22(19)28)9-10-23(15)37-14-20(24(32)38)25(36-37)35-17-7-5-16(6-8-17)26(29,30)31/h2-8,12,14-15,18,23,34H,9-11,13H2,1H3,(H2,32,38)(H,35,36)/t15-,18-,23+/m1/s1. The lowest BCUT2D eigenvalue weighted by atomic mass is 9.82. The molecule has 1 saturated carbocycles. The Morgan fingerprint density at radius 2 is 1.84 bits per heavy atom. The number of rotatable bonds is 8. The second-order valence-corrected chi connectivity index (χ2v) is 9.17. The van der Waals surface area contributed by atoms with E-state index in [1.165, 1.54) is 36.5 Å². The van der Waals surface area contributed by atoms with Crippen LogP contribution in [0.2, 0.25) is 0 Å². The summed E-state index contributed by atoms with van der Waals surface area (Å²) in [4.78, 5) is 16.3. The fourth-order valence-corrected chi connectivity index (χ4v) is 4.72. The summed E-state index contributed by atoms with van der Waals surface area (Å²) >= 11 is 0. The molecule has 12 heteroatoms. The van der Waals surface area contributed by atoms with Gasteiger partial charge in [-0.3, -0.25) is 9.48 Å². The van der Waals surface area contributed by atoms with E-state index in [-0.39, 0.29) is 41.5 Å². The molecule has 0 saturated heterocycles. The van der Waals surface area contributed by atoms with Crippen LogP contribution < -0.4 is 16.4 Å². The third-order valence-corrected chi connectivity index (χ3v) is 6.64. The van der Waals surface area contributed by atoms with Crippen molar-refractivity contribution in [2.24, 2.45) is 16.6 Å². The second-order valence-electron chi connectivity index (χ2n) is 9.17. The maximum Gasteiger partial charge on any atom is 0.416 e. The van der Waals surface area contributed by atoms with Gasteiger partial charge in [0.15, 0.2) is 5.82 Å². The predicted octanol–water partition coefficient (Wildman–Crippen LogP) is 5.22. The van der Waals surface area contributed by atoms with Crippen molar-refractivity contribution in [3.05, 3.63) is 77.0 Å². The highest BCUT2D eigenvalue weighted by Crippen LogP contribution is 2.35. The molecule has 4 rings (SSSR count). The average Bonchev–Trinajstić information content (AvgIpc) is 3.28. The highest BCUT2D eigenvalue weighted by atomic mass is 19.4. The zero-order chi connectivity index (χ0) is 27.4. The van der Waals surface area contributed by atoms with E-state index in [4.69, 9.17) is 5.73 Å². The van der Waals surface area contributed by atoms with E-state index in [9.17, 15) is 26.7 Å². The van der Waals surface area contributed by atoms with E-state index in [0.29, 0.717) is 24.9 Å². The first kappa shape index (κ1) is 27.2. The summed E-state index contributed by atoms with van der Waals surface area (Å²) in [5.74, 6) is -1.95. The highest BCUT2D eigenvalue weighted by molar-refractivity contribution is 5.98. The summed E-state index contributed by atoms with van der Waals surface area (Å²) in [6, 6.07) is 7.87. The lowest BCUT2D eigenvalue weighted by Gasteiger charge is -2.35. The molecule has 1 amide bonds. The van der Waals surface area contributed by atoms with Gasteiger partial charge in [0.05, 0.1) is 11.6 Å². The summed E-state index contributed by atoms with van der Waals surface area (Å²) in [5.41, 5.74) is 5.13. The molecule has 0 aliphatic heterocycles. The van der Waals surface area contributed by atoms with Gasteiger partial charge >= 0.3 is 6.18 Å². The molecule has 1 aliphatic carbocycles. The number of hydrogen-bond acceptors (Lipinski definition) is 5. The Kier molecular flexibility index (Phi) is 8.10. The van der Waals surface area contributed by atoms with Crippen LogP contribution in [0.5, 0.6) is 0 Å². The lowest BCUT2D eigenvalue weighted by Crippen LogP contribution is -2.39. The van der Waals surface area contributed by atoms with Crippen molar-refractivity contribution in [2.45, 2.75) is 44.1 Å². The smallest absolute Gasteiger partial charge is 0.365 e.